The Balaban J connectivity index is 3.40. The number of nitrogens with one attached hydrogen (secondary N) is 2. The minimum absolute atomic E-state index is 0.537. The molecule has 0 atom stereocenters. The maximum Gasteiger partial charge on any atom is 0.0571 e. The van der Waals surface area contributed by atoms with Gasteiger partial charge in [-0.1, -0.05) is 27.2 Å². The van der Waals surface area contributed by atoms with E-state index in [0.29, 0.717) is 6.17 Å². The zero-order valence-electron chi connectivity index (χ0n) is 8.82. The van der Waals surface area contributed by atoms with Crippen molar-refractivity contribution in [2.24, 2.45) is 0 Å². The second kappa shape index (κ2) is 9.01. The second-order valence-corrected chi connectivity index (χ2v) is 3.25. The van der Waals surface area contributed by atoms with Gasteiger partial charge in [-0.05, 0) is 32.4 Å². The lowest BCUT2D eigenvalue weighted by Gasteiger charge is -2.18. The summed E-state index contributed by atoms with van der Waals surface area (Å²) in [7, 11) is 0. The van der Waals surface area contributed by atoms with Gasteiger partial charge in [0.05, 0.1) is 6.17 Å². The SMILES string of the molecule is CCCNC(CCC)NCCC. The van der Waals surface area contributed by atoms with Crippen molar-refractivity contribution in [3.8, 4) is 0 Å². The molecule has 0 aromatic rings. The number of hydrogen-bond acceptors (Lipinski definition) is 2. The Hall–Kier alpha value is -0.0800. The lowest BCUT2D eigenvalue weighted by molar-refractivity contribution is 0.398. The Kier molecular flexibility index (Phi) is 8.95. The average Bonchev–Trinajstić information content (AvgIpc) is 2.10. The minimum atomic E-state index is 0.537. The topological polar surface area (TPSA) is 24.1 Å². The molecular weight excluding hydrogens is 148 g/mol. The highest BCUT2D eigenvalue weighted by Crippen LogP contribution is 1.93. The van der Waals surface area contributed by atoms with E-state index in [0.717, 1.165) is 13.1 Å². The van der Waals surface area contributed by atoms with E-state index in [1.807, 2.05) is 0 Å². The third-order valence-corrected chi connectivity index (χ3v) is 1.86. The van der Waals surface area contributed by atoms with Crippen LogP contribution >= 0.6 is 0 Å². The van der Waals surface area contributed by atoms with Crippen LogP contribution in [0.3, 0.4) is 0 Å². The Bertz CT molecular complexity index is 75.9. The van der Waals surface area contributed by atoms with Crippen molar-refractivity contribution in [1.29, 1.82) is 0 Å². The summed E-state index contributed by atoms with van der Waals surface area (Å²) in [6, 6.07) is 0. The van der Waals surface area contributed by atoms with Gasteiger partial charge in [-0.3, -0.25) is 0 Å². The van der Waals surface area contributed by atoms with Crippen LogP contribution in [0.2, 0.25) is 0 Å². The molecule has 74 valence electrons. The van der Waals surface area contributed by atoms with E-state index in [1.54, 1.807) is 0 Å². The van der Waals surface area contributed by atoms with Gasteiger partial charge in [-0.2, -0.15) is 0 Å². The fraction of sp³-hybridized carbons (Fsp3) is 1.00. The maximum absolute atomic E-state index is 3.49. The first-order chi connectivity index (χ1) is 5.85. The number of rotatable bonds is 8. The highest BCUT2D eigenvalue weighted by molar-refractivity contribution is 4.62. The van der Waals surface area contributed by atoms with Crippen LogP contribution < -0.4 is 10.6 Å². The zero-order valence-corrected chi connectivity index (χ0v) is 8.82. The van der Waals surface area contributed by atoms with Gasteiger partial charge in [0.25, 0.3) is 0 Å². The van der Waals surface area contributed by atoms with E-state index in [2.05, 4.69) is 31.4 Å². The van der Waals surface area contributed by atoms with Crippen LogP contribution in [0.25, 0.3) is 0 Å². The van der Waals surface area contributed by atoms with E-state index in [4.69, 9.17) is 0 Å². The first-order valence-electron chi connectivity index (χ1n) is 5.31. The summed E-state index contributed by atoms with van der Waals surface area (Å²) in [6.07, 6.45) is 5.45. The summed E-state index contributed by atoms with van der Waals surface area (Å²) in [6.45, 7) is 8.89. The molecule has 2 heteroatoms. The van der Waals surface area contributed by atoms with Gasteiger partial charge in [0, 0.05) is 0 Å². The van der Waals surface area contributed by atoms with E-state index in [1.165, 1.54) is 25.7 Å². The average molecular weight is 172 g/mol. The Morgan fingerprint density at radius 2 is 1.33 bits per heavy atom. The van der Waals surface area contributed by atoms with Crippen molar-refractivity contribution in [2.45, 2.75) is 52.6 Å². The van der Waals surface area contributed by atoms with Gasteiger partial charge < -0.3 is 10.6 Å². The smallest absolute Gasteiger partial charge is 0.0571 e. The first-order valence-corrected chi connectivity index (χ1v) is 5.31. The summed E-state index contributed by atoms with van der Waals surface area (Å²) in [5.74, 6) is 0. The molecule has 0 bridgehead atoms. The summed E-state index contributed by atoms with van der Waals surface area (Å²) in [4.78, 5) is 0. The summed E-state index contributed by atoms with van der Waals surface area (Å²) in [5, 5.41) is 6.99. The van der Waals surface area contributed by atoms with E-state index in [-0.39, 0.29) is 0 Å². The molecule has 0 saturated carbocycles. The van der Waals surface area contributed by atoms with Gasteiger partial charge in [0.1, 0.15) is 0 Å². The standard InChI is InChI=1S/C10H24N2/c1-4-7-10(11-8-5-2)12-9-6-3/h10-12H,4-9H2,1-3H3. The van der Waals surface area contributed by atoms with Crippen molar-refractivity contribution in [3.63, 3.8) is 0 Å². The molecule has 0 aliphatic rings. The molecule has 0 aromatic heterocycles. The summed E-state index contributed by atoms with van der Waals surface area (Å²) >= 11 is 0. The Labute approximate surface area is 77.1 Å². The van der Waals surface area contributed by atoms with Crippen LogP contribution in [-0.4, -0.2) is 19.3 Å². The molecule has 12 heavy (non-hydrogen) atoms. The fourth-order valence-corrected chi connectivity index (χ4v) is 1.20. The molecule has 0 heterocycles. The summed E-state index contributed by atoms with van der Waals surface area (Å²) in [5.41, 5.74) is 0. The number of hydrogen-bond donors (Lipinski definition) is 2. The predicted octanol–water partition coefficient (Wildman–Crippen LogP) is 2.11. The molecule has 2 nitrogen and oxygen atoms in total. The monoisotopic (exact) mass is 172 g/mol. The van der Waals surface area contributed by atoms with Gasteiger partial charge in [0.15, 0.2) is 0 Å². The summed E-state index contributed by atoms with van der Waals surface area (Å²) < 4.78 is 0. The van der Waals surface area contributed by atoms with Crippen molar-refractivity contribution >= 4 is 0 Å². The molecular formula is C10H24N2. The van der Waals surface area contributed by atoms with Crippen molar-refractivity contribution in [1.82, 2.24) is 10.6 Å². The van der Waals surface area contributed by atoms with Crippen LogP contribution in [0.5, 0.6) is 0 Å². The molecule has 2 N–H and O–H groups in total. The van der Waals surface area contributed by atoms with Crippen molar-refractivity contribution in [3.05, 3.63) is 0 Å². The van der Waals surface area contributed by atoms with Crippen molar-refractivity contribution < 1.29 is 0 Å². The largest absolute Gasteiger partial charge is 0.302 e. The van der Waals surface area contributed by atoms with Gasteiger partial charge >= 0.3 is 0 Å². The normalized spacial score (nSPS) is 11.0. The van der Waals surface area contributed by atoms with Crippen LogP contribution in [0.4, 0.5) is 0 Å². The predicted molar refractivity (Wildman–Crippen MR) is 55.3 cm³/mol. The third-order valence-electron chi connectivity index (χ3n) is 1.86. The second-order valence-electron chi connectivity index (χ2n) is 3.25. The lowest BCUT2D eigenvalue weighted by Crippen LogP contribution is -2.42. The fourth-order valence-electron chi connectivity index (χ4n) is 1.20. The zero-order chi connectivity index (χ0) is 9.23. The van der Waals surface area contributed by atoms with E-state index < -0.39 is 0 Å². The van der Waals surface area contributed by atoms with Gasteiger partial charge in [-0.15, -0.1) is 0 Å². The van der Waals surface area contributed by atoms with Crippen LogP contribution in [0, 0.1) is 0 Å². The Morgan fingerprint density at radius 1 is 0.833 bits per heavy atom. The maximum atomic E-state index is 3.49. The van der Waals surface area contributed by atoms with Crippen LogP contribution in [-0.2, 0) is 0 Å². The quantitative estimate of drug-likeness (QED) is 0.548. The highest BCUT2D eigenvalue weighted by atomic mass is 15.1. The van der Waals surface area contributed by atoms with Gasteiger partial charge in [0.2, 0.25) is 0 Å². The molecule has 0 spiro atoms. The molecule has 0 aliphatic carbocycles. The highest BCUT2D eigenvalue weighted by Gasteiger charge is 2.02. The van der Waals surface area contributed by atoms with Crippen LogP contribution in [0.15, 0.2) is 0 Å². The third kappa shape index (κ3) is 6.62. The molecule has 0 aliphatic heterocycles. The van der Waals surface area contributed by atoms with Crippen LogP contribution in [0.1, 0.15) is 46.5 Å². The van der Waals surface area contributed by atoms with E-state index in [9.17, 15) is 0 Å². The molecule has 0 unspecified atom stereocenters. The molecule has 0 amide bonds. The molecule has 0 saturated heterocycles. The Morgan fingerprint density at radius 3 is 1.67 bits per heavy atom. The lowest BCUT2D eigenvalue weighted by atomic mass is 10.2. The molecule has 0 radical (unpaired) electrons. The first kappa shape index (κ1) is 11.9. The molecule has 0 fully saturated rings. The molecule has 0 aromatic carbocycles. The minimum Gasteiger partial charge on any atom is -0.302 e. The van der Waals surface area contributed by atoms with Gasteiger partial charge in [-0.25, -0.2) is 0 Å². The van der Waals surface area contributed by atoms with E-state index >= 15 is 0 Å². The van der Waals surface area contributed by atoms with Crippen molar-refractivity contribution in [2.75, 3.05) is 13.1 Å². The molecule has 0 rings (SSSR count).